The average Bonchev–Trinajstić information content (AvgIpc) is 2.86. The van der Waals surface area contributed by atoms with Crippen LogP contribution in [0.25, 0.3) is 0 Å². The first-order chi connectivity index (χ1) is 9.69. The number of thiazole rings is 1. The van der Waals surface area contributed by atoms with Gasteiger partial charge in [0.05, 0.1) is 11.8 Å². The Morgan fingerprint density at radius 3 is 2.90 bits per heavy atom. The van der Waals surface area contributed by atoms with Crippen molar-refractivity contribution in [2.75, 3.05) is 5.32 Å². The van der Waals surface area contributed by atoms with Crippen LogP contribution in [0.1, 0.15) is 43.7 Å². The fraction of sp³-hybridized carbons (Fsp3) is 0.714. The number of nitrogens with zero attached hydrogens (tertiary/aromatic N) is 1. The largest absolute Gasteiger partial charge is 0.393 e. The number of rotatable bonds is 3. The summed E-state index contributed by atoms with van der Waals surface area (Å²) in [5, 5.41) is 18.4. The number of urea groups is 1. The second kappa shape index (κ2) is 4.70. The van der Waals surface area contributed by atoms with Gasteiger partial charge in [-0.15, -0.1) is 11.3 Å². The number of aliphatic hydroxyl groups is 1. The van der Waals surface area contributed by atoms with Crippen molar-refractivity contribution in [1.29, 1.82) is 0 Å². The van der Waals surface area contributed by atoms with Gasteiger partial charge in [0.1, 0.15) is 0 Å². The Bertz CT molecular complexity index is 528. The molecule has 3 fully saturated rings. The molecule has 0 unspecified atom stereocenters. The second-order valence-electron chi connectivity index (χ2n) is 6.36. The number of aliphatic hydroxyl groups excluding tert-OH is 1. The van der Waals surface area contributed by atoms with Gasteiger partial charge in [0.25, 0.3) is 0 Å². The molecule has 2 amide bonds. The molecule has 3 saturated carbocycles. The minimum Gasteiger partial charge on any atom is -0.393 e. The Labute approximate surface area is 121 Å². The standard InChI is InChI=1S/C14H19N3O2S/c18-12-5-7-3-9(12)10(4-7)15-13(19)17-14-16-11(6-20-14)8-1-2-8/h6-10,12,18H,1-5H2,(H2,15,16,17,19)/t7-,9+,10-,12+/m0/s1. The SMILES string of the molecule is O=C(Nc1nc(C2CC2)cs1)N[C@H]1C[C@@H]2C[C@H]1[C@H](O)C2. The molecular formula is C14H19N3O2S. The molecule has 3 aliphatic rings. The maximum absolute atomic E-state index is 12.0. The number of carbonyl (C=O) groups excluding carboxylic acids is 1. The van der Waals surface area contributed by atoms with Gasteiger partial charge in [-0.05, 0) is 38.0 Å². The van der Waals surface area contributed by atoms with Gasteiger partial charge in [0.2, 0.25) is 0 Å². The van der Waals surface area contributed by atoms with Crippen molar-refractivity contribution in [3.05, 3.63) is 11.1 Å². The van der Waals surface area contributed by atoms with E-state index < -0.39 is 0 Å². The van der Waals surface area contributed by atoms with Crippen LogP contribution in [-0.4, -0.2) is 28.3 Å². The fourth-order valence-corrected chi connectivity index (χ4v) is 4.48. The Kier molecular flexibility index (Phi) is 2.96. The first-order valence-corrected chi connectivity index (χ1v) is 8.28. The molecule has 20 heavy (non-hydrogen) atoms. The molecule has 0 aliphatic heterocycles. The smallest absolute Gasteiger partial charge is 0.321 e. The third kappa shape index (κ3) is 2.31. The minimum absolute atomic E-state index is 0.117. The van der Waals surface area contributed by atoms with Gasteiger partial charge >= 0.3 is 6.03 Å². The number of nitrogens with one attached hydrogen (secondary N) is 2. The molecule has 1 aromatic rings. The molecule has 5 nitrogen and oxygen atoms in total. The van der Waals surface area contributed by atoms with Crippen molar-refractivity contribution < 1.29 is 9.90 Å². The van der Waals surface area contributed by atoms with Crippen LogP contribution < -0.4 is 10.6 Å². The fourth-order valence-electron chi connectivity index (χ4n) is 3.69. The zero-order valence-corrected chi connectivity index (χ0v) is 12.0. The van der Waals surface area contributed by atoms with E-state index in [4.69, 9.17) is 0 Å². The van der Waals surface area contributed by atoms with Crippen LogP contribution in [0.4, 0.5) is 9.93 Å². The van der Waals surface area contributed by atoms with E-state index in [1.54, 1.807) is 0 Å². The normalized spacial score (nSPS) is 35.2. The zero-order chi connectivity index (χ0) is 13.7. The third-order valence-corrected chi connectivity index (χ3v) is 5.61. The lowest BCUT2D eigenvalue weighted by Crippen LogP contribution is -2.44. The maximum atomic E-state index is 12.0. The monoisotopic (exact) mass is 293 g/mol. The molecule has 0 aromatic carbocycles. The summed E-state index contributed by atoms with van der Waals surface area (Å²) in [4.78, 5) is 16.5. The molecule has 0 spiro atoms. The van der Waals surface area contributed by atoms with Crippen molar-refractivity contribution >= 4 is 22.5 Å². The van der Waals surface area contributed by atoms with Gasteiger partial charge in [-0.3, -0.25) is 5.32 Å². The molecule has 1 heterocycles. The lowest BCUT2D eigenvalue weighted by Gasteiger charge is -2.26. The van der Waals surface area contributed by atoms with E-state index in [0.29, 0.717) is 17.0 Å². The molecule has 4 rings (SSSR count). The molecule has 108 valence electrons. The van der Waals surface area contributed by atoms with Gasteiger partial charge in [0, 0.05) is 23.3 Å². The number of carbonyl (C=O) groups is 1. The van der Waals surface area contributed by atoms with Gasteiger partial charge in [-0.25, -0.2) is 9.78 Å². The first-order valence-electron chi connectivity index (χ1n) is 7.40. The van der Waals surface area contributed by atoms with E-state index in [1.807, 2.05) is 5.38 Å². The van der Waals surface area contributed by atoms with Crippen LogP contribution in [0.15, 0.2) is 5.38 Å². The number of anilines is 1. The van der Waals surface area contributed by atoms with E-state index in [-0.39, 0.29) is 24.1 Å². The van der Waals surface area contributed by atoms with Crippen LogP contribution in [0, 0.1) is 11.8 Å². The Balaban J connectivity index is 1.33. The molecule has 0 saturated heterocycles. The zero-order valence-electron chi connectivity index (χ0n) is 11.2. The Morgan fingerprint density at radius 2 is 2.20 bits per heavy atom. The van der Waals surface area contributed by atoms with Gasteiger partial charge in [-0.2, -0.15) is 0 Å². The number of fused-ring (bicyclic) bond motifs is 2. The molecule has 2 bridgehead atoms. The topological polar surface area (TPSA) is 74.2 Å². The van der Waals surface area contributed by atoms with Crippen LogP contribution in [0.3, 0.4) is 0 Å². The van der Waals surface area contributed by atoms with E-state index in [9.17, 15) is 9.90 Å². The van der Waals surface area contributed by atoms with E-state index in [2.05, 4.69) is 15.6 Å². The van der Waals surface area contributed by atoms with Crippen LogP contribution in [0.5, 0.6) is 0 Å². The summed E-state index contributed by atoms with van der Waals surface area (Å²) in [6.07, 6.45) is 5.16. The number of hydrogen-bond acceptors (Lipinski definition) is 4. The van der Waals surface area contributed by atoms with E-state index in [1.165, 1.54) is 24.2 Å². The van der Waals surface area contributed by atoms with Crippen molar-refractivity contribution in [2.45, 2.75) is 50.2 Å². The van der Waals surface area contributed by atoms with Crippen molar-refractivity contribution in [1.82, 2.24) is 10.3 Å². The summed E-state index contributed by atoms with van der Waals surface area (Å²) < 4.78 is 0. The summed E-state index contributed by atoms with van der Waals surface area (Å²) in [6.45, 7) is 0. The van der Waals surface area contributed by atoms with Gasteiger partial charge < -0.3 is 10.4 Å². The second-order valence-corrected chi connectivity index (χ2v) is 7.22. The Morgan fingerprint density at radius 1 is 1.35 bits per heavy atom. The summed E-state index contributed by atoms with van der Waals surface area (Å²) >= 11 is 1.49. The summed E-state index contributed by atoms with van der Waals surface area (Å²) in [5.74, 6) is 1.44. The molecule has 3 aliphatic carbocycles. The lowest BCUT2D eigenvalue weighted by atomic mass is 9.93. The predicted octanol–water partition coefficient (Wildman–Crippen LogP) is 2.30. The molecule has 3 N–H and O–H groups in total. The molecule has 1 aromatic heterocycles. The molecular weight excluding hydrogens is 274 g/mol. The van der Waals surface area contributed by atoms with Gasteiger partial charge in [-0.1, -0.05) is 0 Å². The van der Waals surface area contributed by atoms with Crippen molar-refractivity contribution in [3.8, 4) is 0 Å². The number of amides is 2. The Hall–Kier alpha value is -1.14. The maximum Gasteiger partial charge on any atom is 0.321 e. The number of aromatic nitrogens is 1. The summed E-state index contributed by atoms with van der Waals surface area (Å²) in [6, 6.07) is -0.0712. The highest BCUT2D eigenvalue weighted by Crippen LogP contribution is 2.44. The molecule has 6 heteroatoms. The van der Waals surface area contributed by atoms with E-state index in [0.717, 1.165) is 25.0 Å². The highest BCUT2D eigenvalue weighted by atomic mass is 32.1. The quantitative estimate of drug-likeness (QED) is 0.800. The van der Waals surface area contributed by atoms with Crippen molar-refractivity contribution in [2.24, 2.45) is 11.8 Å². The highest BCUT2D eigenvalue weighted by molar-refractivity contribution is 7.13. The van der Waals surface area contributed by atoms with Gasteiger partial charge in [0.15, 0.2) is 5.13 Å². The molecule has 0 radical (unpaired) electrons. The van der Waals surface area contributed by atoms with Crippen LogP contribution in [-0.2, 0) is 0 Å². The summed E-state index contributed by atoms with van der Waals surface area (Å²) in [5.41, 5.74) is 1.11. The lowest BCUT2D eigenvalue weighted by molar-refractivity contribution is 0.0960. The predicted molar refractivity (Wildman–Crippen MR) is 76.9 cm³/mol. The average molecular weight is 293 g/mol. The van der Waals surface area contributed by atoms with Crippen molar-refractivity contribution in [3.63, 3.8) is 0 Å². The minimum atomic E-state index is -0.236. The van der Waals surface area contributed by atoms with Crippen LogP contribution >= 0.6 is 11.3 Å². The number of hydrogen-bond donors (Lipinski definition) is 3. The van der Waals surface area contributed by atoms with E-state index >= 15 is 0 Å². The van der Waals surface area contributed by atoms with Crippen LogP contribution in [0.2, 0.25) is 0 Å². The first kappa shape index (κ1) is 12.6. The highest BCUT2D eigenvalue weighted by Gasteiger charge is 2.46. The molecule has 4 atom stereocenters. The third-order valence-electron chi connectivity index (χ3n) is 4.83. The summed E-state index contributed by atoms with van der Waals surface area (Å²) in [7, 11) is 0.